The summed E-state index contributed by atoms with van der Waals surface area (Å²) in [6.07, 6.45) is 1.67. The van der Waals surface area contributed by atoms with Crippen LogP contribution in [0.3, 0.4) is 0 Å². The van der Waals surface area contributed by atoms with Crippen LogP contribution in [0.15, 0.2) is 6.20 Å². The lowest BCUT2D eigenvalue weighted by Gasteiger charge is -1.91. The molecule has 0 saturated heterocycles. The molecule has 11 heavy (non-hydrogen) atoms. The Morgan fingerprint density at radius 1 is 1.73 bits per heavy atom. The molecule has 0 aliphatic rings. The molecule has 1 aromatic rings. The highest BCUT2D eigenvalue weighted by Crippen LogP contribution is 1.94. The van der Waals surface area contributed by atoms with Gasteiger partial charge in [-0.15, -0.1) is 5.10 Å². The largest absolute Gasteiger partial charge is 0.378 e. The van der Waals surface area contributed by atoms with Crippen molar-refractivity contribution < 1.29 is 9.13 Å². The number of alkyl halides is 1. The molecule has 1 rings (SSSR count). The average molecular weight is 159 g/mol. The van der Waals surface area contributed by atoms with E-state index in [4.69, 9.17) is 4.74 Å². The van der Waals surface area contributed by atoms with Gasteiger partial charge in [0.2, 0.25) is 0 Å². The Morgan fingerprint density at radius 3 is 3.18 bits per heavy atom. The zero-order valence-corrected chi connectivity index (χ0v) is 6.33. The minimum absolute atomic E-state index is 0.261. The van der Waals surface area contributed by atoms with Crippen molar-refractivity contribution in [2.75, 3.05) is 13.8 Å². The number of rotatable bonds is 4. The molecule has 4 nitrogen and oxygen atoms in total. The first-order valence-corrected chi connectivity index (χ1v) is 3.30. The predicted molar refractivity (Wildman–Crippen MR) is 36.7 cm³/mol. The van der Waals surface area contributed by atoms with Gasteiger partial charge in [-0.3, -0.25) is 0 Å². The molecule has 0 atom stereocenters. The van der Waals surface area contributed by atoms with Gasteiger partial charge in [-0.2, -0.15) is 0 Å². The van der Waals surface area contributed by atoms with Gasteiger partial charge in [0, 0.05) is 7.11 Å². The maximum absolute atomic E-state index is 11.8. The SMILES string of the molecule is COCc1cn(CCF)nn1. The van der Waals surface area contributed by atoms with E-state index < -0.39 is 6.67 Å². The first kappa shape index (κ1) is 8.13. The summed E-state index contributed by atoms with van der Waals surface area (Å²) in [6, 6.07) is 0. The molecule has 0 bridgehead atoms. The van der Waals surface area contributed by atoms with Gasteiger partial charge in [-0.25, -0.2) is 9.07 Å². The molecule has 0 N–H and O–H groups in total. The number of hydrogen-bond acceptors (Lipinski definition) is 3. The van der Waals surface area contributed by atoms with E-state index in [0.29, 0.717) is 6.61 Å². The standard InChI is InChI=1S/C6H10FN3O/c1-11-5-6-4-10(3-2-7)9-8-6/h4H,2-3,5H2,1H3. The molecule has 0 radical (unpaired) electrons. The smallest absolute Gasteiger partial charge is 0.109 e. The molecule has 5 heteroatoms. The van der Waals surface area contributed by atoms with Crippen molar-refractivity contribution in [2.45, 2.75) is 13.2 Å². The van der Waals surface area contributed by atoms with Gasteiger partial charge < -0.3 is 4.74 Å². The lowest BCUT2D eigenvalue weighted by molar-refractivity contribution is 0.181. The Labute approximate surface area is 64.0 Å². The van der Waals surface area contributed by atoms with Gasteiger partial charge in [0.05, 0.1) is 19.3 Å². The van der Waals surface area contributed by atoms with E-state index in [1.165, 1.54) is 4.68 Å². The second kappa shape index (κ2) is 4.02. The zero-order valence-electron chi connectivity index (χ0n) is 6.33. The second-order valence-corrected chi connectivity index (χ2v) is 2.09. The van der Waals surface area contributed by atoms with E-state index in [1.54, 1.807) is 13.3 Å². The first-order chi connectivity index (χ1) is 5.36. The van der Waals surface area contributed by atoms with Gasteiger partial charge in [0.25, 0.3) is 0 Å². The van der Waals surface area contributed by atoms with Crippen molar-refractivity contribution in [3.63, 3.8) is 0 Å². The van der Waals surface area contributed by atoms with Crippen molar-refractivity contribution in [3.8, 4) is 0 Å². The number of aromatic nitrogens is 3. The molecule has 1 aromatic heterocycles. The van der Waals surface area contributed by atoms with Crippen LogP contribution in [-0.2, 0) is 17.9 Å². The van der Waals surface area contributed by atoms with Crippen molar-refractivity contribution >= 4 is 0 Å². The molecule has 0 aromatic carbocycles. The van der Waals surface area contributed by atoms with Gasteiger partial charge in [0.15, 0.2) is 0 Å². The van der Waals surface area contributed by atoms with Gasteiger partial charge in [-0.05, 0) is 0 Å². The minimum Gasteiger partial charge on any atom is -0.378 e. The first-order valence-electron chi connectivity index (χ1n) is 3.30. The summed E-state index contributed by atoms with van der Waals surface area (Å²) in [5.41, 5.74) is 0.723. The summed E-state index contributed by atoms with van der Waals surface area (Å²) in [5.74, 6) is 0. The molecule has 0 aliphatic carbocycles. The fourth-order valence-electron chi connectivity index (χ4n) is 0.748. The van der Waals surface area contributed by atoms with Gasteiger partial charge >= 0.3 is 0 Å². The van der Waals surface area contributed by atoms with Crippen LogP contribution in [0.2, 0.25) is 0 Å². The highest BCUT2D eigenvalue weighted by atomic mass is 19.1. The summed E-state index contributed by atoms with van der Waals surface area (Å²) in [5, 5.41) is 7.42. The number of ether oxygens (including phenoxy) is 1. The quantitative estimate of drug-likeness (QED) is 0.638. The lowest BCUT2D eigenvalue weighted by Crippen LogP contribution is -1.99. The van der Waals surface area contributed by atoms with Crippen molar-refractivity contribution in [1.82, 2.24) is 15.0 Å². The van der Waals surface area contributed by atoms with Gasteiger partial charge in [0.1, 0.15) is 12.4 Å². The van der Waals surface area contributed by atoms with Crippen LogP contribution in [0.1, 0.15) is 5.69 Å². The molecular formula is C6H10FN3O. The highest BCUT2D eigenvalue weighted by Gasteiger charge is 1.98. The van der Waals surface area contributed by atoms with E-state index >= 15 is 0 Å². The van der Waals surface area contributed by atoms with Crippen molar-refractivity contribution in [1.29, 1.82) is 0 Å². The van der Waals surface area contributed by atoms with E-state index in [1.807, 2.05) is 0 Å². The molecule has 0 spiro atoms. The van der Waals surface area contributed by atoms with Crippen LogP contribution in [-0.4, -0.2) is 28.8 Å². The Bertz CT molecular complexity index is 193. The third kappa shape index (κ3) is 2.27. The summed E-state index contributed by atoms with van der Waals surface area (Å²) in [4.78, 5) is 0. The Morgan fingerprint density at radius 2 is 2.55 bits per heavy atom. The third-order valence-electron chi connectivity index (χ3n) is 1.19. The van der Waals surface area contributed by atoms with Crippen LogP contribution in [0, 0.1) is 0 Å². The van der Waals surface area contributed by atoms with Crippen LogP contribution >= 0.6 is 0 Å². The zero-order chi connectivity index (χ0) is 8.10. The molecule has 62 valence electrons. The van der Waals surface area contributed by atoms with E-state index in [0.717, 1.165) is 5.69 Å². The second-order valence-electron chi connectivity index (χ2n) is 2.09. The van der Waals surface area contributed by atoms with E-state index in [2.05, 4.69) is 10.3 Å². The predicted octanol–water partition coefficient (Wildman–Crippen LogP) is 0.394. The fraction of sp³-hybridized carbons (Fsp3) is 0.667. The number of nitrogens with zero attached hydrogens (tertiary/aromatic N) is 3. The van der Waals surface area contributed by atoms with Crippen LogP contribution < -0.4 is 0 Å². The summed E-state index contributed by atoms with van der Waals surface area (Å²) in [7, 11) is 1.58. The topological polar surface area (TPSA) is 39.9 Å². The third-order valence-corrected chi connectivity index (χ3v) is 1.19. The Balaban J connectivity index is 2.51. The lowest BCUT2D eigenvalue weighted by atomic mass is 10.5. The normalized spacial score (nSPS) is 10.4. The summed E-state index contributed by atoms with van der Waals surface area (Å²) >= 11 is 0. The van der Waals surface area contributed by atoms with Crippen molar-refractivity contribution in [3.05, 3.63) is 11.9 Å². The summed E-state index contributed by atoms with van der Waals surface area (Å²) in [6.45, 7) is 0.263. The molecule has 0 fully saturated rings. The Hall–Kier alpha value is -0.970. The van der Waals surface area contributed by atoms with E-state index in [-0.39, 0.29) is 6.54 Å². The molecule has 1 heterocycles. The van der Waals surface area contributed by atoms with Crippen molar-refractivity contribution in [2.24, 2.45) is 0 Å². The molecule has 0 unspecified atom stereocenters. The maximum atomic E-state index is 11.8. The van der Waals surface area contributed by atoms with Crippen LogP contribution in [0.25, 0.3) is 0 Å². The maximum Gasteiger partial charge on any atom is 0.109 e. The van der Waals surface area contributed by atoms with Crippen LogP contribution in [0.4, 0.5) is 4.39 Å². The van der Waals surface area contributed by atoms with E-state index in [9.17, 15) is 4.39 Å². The number of aryl methyl sites for hydroxylation is 1. The average Bonchev–Trinajstić information content (AvgIpc) is 2.38. The Kier molecular flexibility index (Phi) is 2.97. The number of methoxy groups -OCH3 is 1. The molecular weight excluding hydrogens is 149 g/mol. The highest BCUT2D eigenvalue weighted by molar-refractivity contribution is 4.89. The number of halogens is 1. The van der Waals surface area contributed by atoms with Gasteiger partial charge in [-0.1, -0.05) is 5.21 Å². The molecule has 0 amide bonds. The monoisotopic (exact) mass is 159 g/mol. The summed E-state index contributed by atoms with van der Waals surface area (Å²) < 4.78 is 18.0. The molecule has 0 saturated carbocycles. The fourth-order valence-corrected chi connectivity index (χ4v) is 0.748. The molecule has 0 aliphatic heterocycles. The van der Waals surface area contributed by atoms with Crippen LogP contribution in [0.5, 0.6) is 0 Å². The minimum atomic E-state index is -0.421. The number of hydrogen-bond donors (Lipinski definition) is 0.